The summed E-state index contributed by atoms with van der Waals surface area (Å²) >= 11 is 12.3. The molecule has 1 aliphatic heterocycles. The number of anilines is 1. The molecule has 0 aromatic heterocycles. The van der Waals surface area contributed by atoms with Crippen molar-refractivity contribution < 1.29 is 9.53 Å². The van der Waals surface area contributed by atoms with Crippen LogP contribution < -0.4 is 5.32 Å². The van der Waals surface area contributed by atoms with Crippen molar-refractivity contribution in [3.8, 4) is 0 Å². The second kappa shape index (κ2) is 7.35. The SMILES string of the molecule is O=C1CCOCC1C(Nc1ccccc1)c1cc(Cl)cc(Cl)c1. The Morgan fingerprint density at radius 2 is 1.78 bits per heavy atom. The third-order valence-electron chi connectivity index (χ3n) is 3.95. The number of hydrogen-bond donors (Lipinski definition) is 1. The lowest BCUT2D eigenvalue weighted by atomic mass is 9.87. The third-order valence-corrected chi connectivity index (χ3v) is 4.38. The van der Waals surface area contributed by atoms with Gasteiger partial charge in [-0.1, -0.05) is 41.4 Å². The fourth-order valence-corrected chi connectivity index (χ4v) is 3.37. The smallest absolute Gasteiger partial charge is 0.142 e. The van der Waals surface area contributed by atoms with E-state index in [2.05, 4.69) is 5.32 Å². The van der Waals surface area contributed by atoms with Gasteiger partial charge in [-0.2, -0.15) is 0 Å². The van der Waals surface area contributed by atoms with Crippen molar-refractivity contribution in [2.75, 3.05) is 18.5 Å². The Kier molecular flexibility index (Phi) is 5.21. The van der Waals surface area contributed by atoms with Crippen LogP contribution in [0, 0.1) is 5.92 Å². The van der Waals surface area contributed by atoms with Gasteiger partial charge in [0.25, 0.3) is 0 Å². The van der Waals surface area contributed by atoms with Crippen LogP contribution >= 0.6 is 23.2 Å². The van der Waals surface area contributed by atoms with E-state index in [9.17, 15) is 4.79 Å². The van der Waals surface area contributed by atoms with E-state index < -0.39 is 0 Å². The summed E-state index contributed by atoms with van der Waals surface area (Å²) in [5, 5.41) is 4.54. The van der Waals surface area contributed by atoms with E-state index in [1.807, 2.05) is 42.5 Å². The van der Waals surface area contributed by atoms with E-state index in [4.69, 9.17) is 27.9 Å². The van der Waals surface area contributed by atoms with Crippen LogP contribution in [0.1, 0.15) is 18.0 Å². The van der Waals surface area contributed by atoms with Crippen LogP contribution in [0.15, 0.2) is 48.5 Å². The summed E-state index contributed by atoms with van der Waals surface area (Å²) < 4.78 is 5.53. The largest absolute Gasteiger partial charge is 0.380 e. The molecule has 1 fully saturated rings. The second-order valence-electron chi connectivity index (χ2n) is 5.59. The number of carbonyl (C=O) groups excluding carboxylic acids is 1. The van der Waals surface area contributed by atoms with Crippen LogP contribution in [0.5, 0.6) is 0 Å². The number of ketones is 1. The summed E-state index contributed by atoms with van der Waals surface area (Å²) in [4.78, 5) is 12.4. The van der Waals surface area contributed by atoms with Gasteiger partial charge in [-0.3, -0.25) is 4.79 Å². The molecule has 0 saturated carbocycles. The highest BCUT2D eigenvalue weighted by Crippen LogP contribution is 2.33. The molecule has 0 spiro atoms. The van der Waals surface area contributed by atoms with Crippen LogP contribution in [-0.2, 0) is 9.53 Å². The second-order valence-corrected chi connectivity index (χ2v) is 6.46. The predicted octanol–water partition coefficient (Wildman–Crippen LogP) is 4.75. The molecule has 0 radical (unpaired) electrons. The van der Waals surface area contributed by atoms with Gasteiger partial charge in [0.2, 0.25) is 0 Å². The Labute approximate surface area is 145 Å². The maximum Gasteiger partial charge on any atom is 0.142 e. The predicted molar refractivity (Wildman–Crippen MR) is 93.2 cm³/mol. The van der Waals surface area contributed by atoms with Crippen molar-refractivity contribution >= 4 is 34.7 Å². The van der Waals surface area contributed by atoms with Gasteiger partial charge in [0.15, 0.2) is 0 Å². The summed E-state index contributed by atoms with van der Waals surface area (Å²) in [7, 11) is 0. The lowest BCUT2D eigenvalue weighted by Crippen LogP contribution is -2.35. The number of benzene rings is 2. The number of nitrogens with one attached hydrogen (secondary N) is 1. The summed E-state index contributed by atoms with van der Waals surface area (Å²) in [6, 6.07) is 14.9. The molecule has 3 rings (SSSR count). The Balaban J connectivity index is 1.96. The first-order valence-corrected chi connectivity index (χ1v) is 8.27. The van der Waals surface area contributed by atoms with Gasteiger partial charge in [0, 0.05) is 22.2 Å². The molecule has 3 nitrogen and oxygen atoms in total. The molecule has 120 valence electrons. The van der Waals surface area contributed by atoms with Gasteiger partial charge < -0.3 is 10.1 Å². The van der Waals surface area contributed by atoms with Gasteiger partial charge in [0.05, 0.1) is 25.2 Å². The lowest BCUT2D eigenvalue weighted by Gasteiger charge is -2.31. The highest BCUT2D eigenvalue weighted by Gasteiger charge is 2.32. The molecule has 2 atom stereocenters. The number of ether oxygens (including phenoxy) is 1. The minimum absolute atomic E-state index is 0.195. The molecule has 2 aromatic rings. The number of hydrogen-bond acceptors (Lipinski definition) is 3. The number of halogens is 2. The van der Waals surface area contributed by atoms with Crippen LogP contribution in [0.25, 0.3) is 0 Å². The first-order valence-electron chi connectivity index (χ1n) is 7.51. The Morgan fingerprint density at radius 1 is 1.09 bits per heavy atom. The third kappa shape index (κ3) is 4.05. The van der Waals surface area contributed by atoms with Gasteiger partial charge in [0.1, 0.15) is 5.78 Å². The van der Waals surface area contributed by atoms with Crippen LogP contribution in [0.2, 0.25) is 10.0 Å². The number of rotatable bonds is 4. The van der Waals surface area contributed by atoms with Crippen LogP contribution in [0.3, 0.4) is 0 Å². The molecular formula is C18H17Cl2NO2. The molecule has 1 heterocycles. The Morgan fingerprint density at radius 3 is 2.43 bits per heavy atom. The monoisotopic (exact) mass is 349 g/mol. The average Bonchev–Trinajstić information content (AvgIpc) is 2.53. The maximum atomic E-state index is 12.4. The molecular weight excluding hydrogens is 333 g/mol. The zero-order chi connectivity index (χ0) is 16.2. The summed E-state index contributed by atoms with van der Waals surface area (Å²) in [6.45, 7) is 0.886. The van der Waals surface area contributed by atoms with Crippen molar-refractivity contribution in [2.24, 2.45) is 5.92 Å². The standard InChI is InChI=1S/C18H17Cl2NO2/c19-13-8-12(9-14(20)10-13)18(16-11-23-7-6-17(16)22)21-15-4-2-1-3-5-15/h1-5,8-10,16,18,21H,6-7,11H2. The normalized spacial score (nSPS) is 19.4. The van der Waals surface area contributed by atoms with Crippen LogP contribution in [-0.4, -0.2) is 19.0 Å². The maximum absolute atomic E-state index is 12.4. The van der Waals surface area contributed by atoms with Crippen LogP contribution in [0.4, 0.5) is 5.69 Å². The molecule has 0 amide bonds. The van der Waals surface area contributed by atoms with Gasteiger partial charge in [-0.15, -0.1) is 0 Å². The molecule has 2 unspecified atom stereocenters. The van der Waals surface area contributed by atoms with E-state index in [0.717, 1.165) is 11.3 Å². The number of carbonyl (C=O) groups is 1. The highest BCUT2D eigenvalue weighted by atomic mass is 35.5. The van der Waals surface area contributed by atoms with E-state index in [1.54, 1.807) is 6.07 Å². The van der Waals surface area contributed by atoms with Gasteiger partial charge >= 0.3 is 0 Å². The summed E-state index contributed by atoms with van der Waals surface area (Å²) in [5.41, 5.74) is 1.82. The van der Waals surface area contributed by atoms with E-state index in [-0.39, 0.29) is 17.7 Å². The molecule has 0 aliphatic carbocycles. The Hall–Kier alpha value is -1.55. The quantitative estimate of drug-likeness (QED) is 0.865. The zero-order valence-electron chi connectivity index (χ0n) is 12.5. The van der Waals surface area contributed by atoms with Crippen molar-refractivity contribution in [1.82, 2.24) is 0 Å². The molecule has 1 aliphatic rings. The topological polar surface area (TPSA) is 38.3 Å². The number of para-hydroxylation sites is 1. The van der Waals surface area contributed by atoms with Crippen molar-refractivity contribution in [3.63, 3.8) is 0 Å². The summed E-state index contributed by atoms with van der Waals surface area (Å²) in [5.74, 6) is -0.0701. The molecule has 0 bridgehead atoms. The van der Waals surface area contributed by atoms with Crippen molar-refractivity contribution in [2.45, 2.75) is 12.5 Å². The fraction of sp³-hybridized carbons (Fsp3) is 0.278. The molecule has 1 saturated heterocycles. The average molecular weight is 350 g/mol. The van der Waals surface area contributed by atoms with Crippen molar-refractivity contribution in [1.29, 1.82) is 0 Å². The zero-order valence-corrected chi connectivity index (χ0v) is 14.0. The Bertz CT molecular complexity index is 670. The van der Waals surface area contributed by atoms with E-state index in [1.165, 1.54) is 0 Å². The van der Waals surface area contributed by atoms with E-state index in [0.29, 0.717) is 29.7 Å². The summed E-state index contributed by atoms with van der Waals surface area (Å²) in [6.07, 6.45) is 0.436. The molecule has 5 heteroatoms. The molecule has 1 N–H and O–H groups in total. The van der Waals surface area contributed by atoms with Gasteiger partial charge in [-0.05, 0) is 35.9 Å². The lowest BCUT2D eigenvalue weighted by molar-refractivity contribution is -0.131. The minimum Gasteiger partial charge on any atom is -0.380 e. The fourth-order valence-electron chi connectivity index (χ4n) is 2.83. The first kappa shape index (κ1) is 16.3. The highest BCUT2D eigenvalue weighted by molar-refractivity contribution is 6.34. The van der Waals surface area contributed by atoms with Gasteiger partial charge in [-0.25, -0.2) is 0 Å². The van der Waals surface area contributed by atoms with E-state index >= 15 is 0 Å². The van der Waals surface area contributed by atoms with Crippen molar-refractivity contribution in [3.05, 3.63) is 64.1 Å². The number of Topliss-reactive ketones (excluding diaryl/α,β-unsaturated/α-hetero) is 1. The molecule has 23 heavy (non-hydrogen) atoms. The minimum atomic E-state index is -0.265. The molecule has 2 aromatic carbocycles. The first-order chi connectivity index (χ1) is 11.1.